The van der Waals surface area contributed by atoms with E-state index in [1.165, 1.54) is 28.4 Å². The number of hydrogen-bond donors (Lipinski definition) is 3. The molecule has 2 rings (SSSR count). The Labute approximate surface area is 174 Å². The smallest absolute Gasteiger partial charge is 0.251 e. The topological polar surface area (TPSA) is 98.7 Å². The van der Waals surface area contributed by atoms with Crippen molar-refractivity contribution in [3.05, 3.63) is 60.2 Å². The highest BCUT2D eigenvalue weighted by molar-refractivity contribution is 7.97. The molecule has 7 nitrogen and oxygen atoms in total. The average Bonchev–Trinajstić information content (AvgIpc) is 2.72. The highest BCUT2D eigenvalue weighted by atomic mass is 32.2. The number of carbonyl (C=O) groups excluding carboxylic acids is 3. The summed E-state index contributed by atoms with van der Waals surface area (Å²) in [6.45, 7) is 3.79. The van der Waals surface area contributed by atoms with E-state index in [0.717, 1.165) is 0 Å². The van der Waals surface area contributed by atoms with Gasteiger partial charge in [0.1, 0.15) is 5.75 Å². The Bertz CT molecular complexity index is 826. The number of hydrogen-bond acceptors (Lipinski definition) is 5. The van der Waals surface area contributed by atoms with Crippen LogP contribution in [0.3, 0.4) is 0 Å². The van der Waals surface area contributed by atoms with E-state index in [4.69, 9.17) is 0 Å². The lowest BCUT2D eigenvalue weighted by Crippen LogP contribution is -2.34. The molecular weight excluding hydrogens is 390 g/mol. The van der Waals surface area contributed by atoms with Crippen LogP contribution in [0, 0.1) is 5.92 Å². The maximum Gasteiger partial charge on any atom is 0.251 e. The van der Waals surface area contributed by atoms with Crippen LogP contribution in [0.4, 0.5) is 5.69 Å². The molecule has 0 fully saturated rings. The third kappa shape index (κ3) is 7.50. The molecule has 0 saturated carbocycles. The maximum absolute atomic E-state index is 12.4. The van der Waals surface area contributed by atoms with Gasteiger partial charge in [0, 0.05) is 30.1 Å². The summed E-state index contributed by atoms with van der Waals surface area (Å²) in [6.07, 6.45) is 0.110. The number of phenols is 1. The SMILES string of the molecule is CC(C)C(=O)N(CCC(=O)Nc1ccc(O)cc1)SCNC(=O)c1ccccc1. The minimum Gasteiger partial charge on any atom is -0.508 e. The number of phenolic OH excluding ortho intramolecular Hbond substituents is 1. The zero-order chi connectivity index (χ0) is 21.2. The number of benzene rings is 2. The lowest BCUT2D eigenvalue weighted by molar-refractivity contribution is -0.129. The van der Waals surface area contributed by atoms with Crippen LogP contribution in [0.5, 0.6) is 5.75 Å². The minimum atomic E-state index is -0.244. The molecule has 0 aromatic heterocycles. The van der Waals surface area contributed by atoms with Crippen LogP contribution in [0.15, 0.2) is 54.6 Å². The van der Waals surface area contributed by atoms with Crippen LogP contribution in [-0.2, 0) is 9.59 Å². The van der Waals surface area contributed by atoms with Gasteiger partial charge >= 0.3 is 0 Å². The summed E-state index contributed by atoms with van der Waals surface area (Å²) in [7, 11) is 0. The van der Waals surface area contributed by atoms with Gasteiger partial charge in [-0.25, -0.2) is 0 Å². The predicted molar refractivity (Wildman–Crippen MR) is 114 cm³/mol. The van der Waals surface area contributed by atoms with Gasteiger partial charge in [-0.05, 0) is 48.3 Å². The number of rotatable bonds is 9. The fourth-order valence-electron chi connectivity index (χ4n) is 2.37. The molecule has 154 valence electrons. The Morgan fingerprint density at radius 2 is 1.69 bits per heavy atom. The van der Waals surface area contributed by atoms with Crippen LogP contribution < -0.4 is 10.6 Å². The van der Waals surface area contributed by atoms with Crippen molar-refractivity contribution in [1.29, 1.82) is 0 Å². The molecule has 8 heteroatoms. The van der Waals surface area contributed by atoms with Gasteiger partial charge in [0.2, 0.25) is 11.8 Å². The van der Waals surface area contributed by atoms with E-state index in [2.05, 4.69) is 10.6 Å². The molecular formula is C21H25N3O4S. The molecule has 0 saturated heterocycles. The monoisotopic (exact) mass is 415 g/mol. The quantitative estimate of drug-likeness (QED) is 0.332. The number of amides is 3. The number of carbonyl (C=O) groups is 3. The van der Waals surface area contributed by atoms with Crippen molar-refractivity contribution in [1.82, 2.24) is 9.62 Å². The summed E-state index contributed by atoms with van der Waals surface area (Å²) in [6, 6.07) is 15.0. The molecule has 0 aliphatic rings. The summed E-state index contributed by atoms with van der Waals surface area (Å²) in [4.78, 5) is 36.7. The third-order valence-electron chi connectivity index (χ3n) is 3.92. The molecule has 2 aromatic rings. The molecule has 0 aliphatic heterocycles. The van der Waals surface area contributed by atoms with E-state index in [1.54, 1.807) is 50.2 Å². The van der Waals surface area contributed by atoms with E-state index in [0.29, 0.717) is 11.3 Å². The first kappa shape index (κ1) is 22.3. The summed E-state index contributed by atoms with van der Waals surface area (Å²) in [5.41, 5.74) is 1.11. The van der Waals surface area contributed by atoms with Crippen LogP contribution in [0.1, 0.15) is 30.6 Å². The Hall–Kier alpha value is -3.00. The summed E-state index contributed by atoms with van der Waals surface area (Å²) < 4.78 is 1.51. The van der Waals surface area contributed by atoms with Gasteiger partial charge in [0.05, 0.1) is 5.88 Å². The van der Waals surface area contributed by atoms with E-state index >= 15 is 0 Å². The van der Waals surface area contributed by atoms with E-state index in [-0.39, 0.29) is 48.2 Å². The molecule has 3 amide bonds. The van der Waals surface area contributed by atoms with Gasteiger partial charge in [-0.3, -0.25) is 18.7 Å². The molecule has 3 N–H and O–H groups in total. The Morgan fingerprint density at radius 3 is 2.31 bits per heavy atom. The molecule has 0 spiro atoms. The van der Waals surface area contributed by atoms with Crippen molar-refractivity contribution in [2.75, 3.05) is 17.7 Å². The Morgan fingerprint density at radius 1 is 1.03 bits per heavy atom. The molecule has 0 unspecified atom stereocenters. The predicted octanol–water partition coefficient (Wildman–Crippen LogP) is 3.24. The van der Waals surface area contributed by atoms with Crippen molar-refractivity contribution in [3.8, 4) is 5.75 Å². The van der Waals surface area contributed by atoms with Gasteiger partial charge in [0.25, 0.3) is 5.91 Å². The second-order valence-electron chi connectivity index (χ2n) is 6.59. The second kappa shape index (κ2) is 11.1. The first-order chi connectivity index (χ1) is 13.9. The zero-order valence-electron chi connectivity index (χ0n) is 16.4. The maximum atomic E-state index is 12.4. The van der Waals surface area contributed by atoms with Crippen molar-refractivity contribution >= 4 is 35.4 Å². The fraction of sp³-hybridized carbons (Fsp3) is 0.286. The molecule has 29 heavy (non-hydrogen) atoms. The van der Waals surface area contributed by atoms with Gasteiger partial charge in [-0.1, -0.05) is 32.0 Å². The van der Waals surface area contributed by atoms with Gasteiger partial charge in [-0.2, -0.15) is 0 Å². The van der Waals surface area contributed by atoms with Crippen LogP contribution in [0.2, 0.25) is 0 Å². The largest absolute Gasteiger partial charge is 0.508 e. The van der Waals surface area contributed by atoms with Crippen molar-refractivity contribution in [3.63, 3.8) is 0 Å². The van der Waals surface area contributed by atoms with E-state index < -0.39 is 0 Å². The molecule has 0 radical (unpaired) electrons. The highest BCUT2D eigenvalue weighted by Crippen LogP contribution is 2.16. The molecule has 0 heterocycles. The first-order valence-electron chi connectivity index (χ1n) is 9.23. The lowest BCUT2D eigenvalue weighted by Gasteiger charge is -2.23. The normalized spacial score (nSPS) is 10.4. The van der Waals surface area contributed by atoms with Gasteiger partial charge in [-0.15, -0.1) is 0 Å². The summed E-state index contributed by atoms with van der Waals surface area (Å²) >= 11 is 1.17. The van der Waals surface area contributed by atoms with E-state index in [1.807, 2.05) is 6.07 Å². The van der Waals surface area contributed by atoms with Crippen molar-refractivity contribution in [2.24, 2.45) is 5.92 Å². The number of aromatic hydroxyl groups is 1. The van der Waals surface area contributed by atoms with Crippen LogP contribution in [0.25, 0.3) is 0 Å². The first-order valence-corrected chi connectivity index (χ1v) is 10.2. The molecule has 2 aromatic carbocycles. The average molecular weight is 416 g/mol. The number of nitrogens with one attached hydrogen (secondary N) is 2. The molecule has 0 bridgehead atoms. The summed E-state index contributed by atoms with van der Waals surface area (Å²) in [5.74, 6) is -0.475. The van der Waals surface area contributed by atoms with Crippen molar-refractivity contribution < 1.29 is 19.5 Å². The highest BCUT2D eigenvalue weighted by Gasteiger charge is 2.19. The second-order valence-corrected chi connectivity index (χ2v) is 7.57. The van der Waals surface area contributed by atoms with E-state index in [9.17, 15) is 19.5 Å². The number of anilines is 1. The van der Waals surface area contributed by atoms with Gasteiger partial charge < -0.3 is 15.7 Å². The summed E-state index contributed by atoms with van der Waals surface area (Å²) in [5, 5.41) is 14.8. The molecule has 0 aliphatic carbocycles. The van der Waals surface area contributed by atoms with Crippen LogP contribution >= 0.6 is 11.9 Å². The number of nitrogens with zero attached hydrogens (tertiary/aromatic N) is 1. The standard InChI is InChI=1S/C21H25N3O4S/c1-15(2)21(28)24(29-14-22-20(27)16-6-4-3-5-7-16)13-12-19(26)23-17-8-10-18(25)11-9-17/h3-11,15,25H,12-14H2,1-2H3,(H,22,27)(H,23,26). The fourth-order valence-corrected chi connectivity index (χ4v) is 3.27. The Balaban J connectivity index is 1.85. The van der Waals surface area contributed by atoms with Gasteiger partial charge in [0.15, 0.2) is 0 Å². The zero-order valence-corrected chi connectivity index (χ0v) is 17.2. The molecule has 0 atom stereocenters. The van der Waals surface area contributed by atoms with Crippen molar-refractivity contribution in [2.45, 2.75) is 20.3 Å². The minimum absolute atomic E-state index is 0.110. The lowest BCUT2D eigenvalue weighted by atomic mass is 10.2. The van der Waals surface area contributed by atoms with Crippen LogP contribution in [-0.4, -0.2) is 39.6 Å². The Kier molecular flexibility index (Phi) is 8.54. The third-order valence-corrected chi connectivity index (χ3v) is 4.87.